The summed E-state index contributed by atoms with van der Waals surface area (Å²) >= 11 is 12.0. The molecule has 1 aromatic rings. The van der Waals surface area contributed by atoms with Crippen molar-refractivity contribution in [2.45, 2.75) is 45.6 Å². The zero-order chi connectivity index (χ0) is 20.9. The van der Waals surface area contributed by atoms with Crippen molar-refractivity contribution in [3.63, 3.8) is 0 Å². The maximum absolute atomic E-state index is 12.4. The maximum atomic E-state index is 12.4. The molecule has 0 atom stereocenters. The van der Waals surface area contributed by atoms with E-state index in [1.54, 1.807) is 30.4 Å². The summed E-state index contributed by atoms with van der Waals surface area (Å²) in [4.78, 5) is 27.2. The molecule has 2 amide bonds. The highest BCUT2D eigenvalue weighted by atomic mass is 35.5. The van der Waals surface area contributed by atoms with Crippen LogP contribution >= 0.6 is 23.2 Å². The Bertz CT molecular complexity index is 715. The number of carbonyl (C=O) groups excluding carboxylic acids is 1. The number of rotatable bonds is 5. The summed E-state index contributed by atoms with van der Waals surface area (Å²) in [6, 6.07) is 5.16. The van der Waals surface area contributed by atoms with Crippen LogP contribution < -0.4 is 0 Å². The lowest BCUT2D eigenvalue weighted by Gasteiger charge is -2.36. The Morgan fingerprint density at radius 1 is 1.18 bits per heavy atom. The molecule has 154 valence electrons. The van der Waals surface area contributed by atoms with Crippen molar-refractivity contribution in [2.75, 3.05) is 19.6 Å². The molecule has 0 spiro atoms. The number of carbonyl (C=O) groups is 2. The maximum Gasteiger partial charge on any atom is 0.407 e. The van der Waals surface area contributed by atoms with Gasteiger partial charge in [0, 0.05) is 41.3 Å². The average molecular weight is 427 g/mol. The van der Waals surface area contributed by atoms with Crippen molar-refractivity contribution in [3.8, 4) is 0 Å². The zero-order valence-electron chi connectivity index (χ0n) is 16.6. The molecule has 28 heavy (non-hydrogen) atoms. The Labute approximate surface area is 176 Å². The van der Waals surface area contributed by atoms with E-state index in [1.165, 1.54) is 4.90 Å². The molecule has 1 aliphatic rings. The highest BCUT2D eigenvalue weighted by molar-refractivity contribution is 6.34. The fourth-order valence-corrected chi connectivity index (χ4v) is 3.96. The number of halogens is 2. The molecule has 5 nitrogen and oxygen atoms in total. The Morgan fingerprint density at radius 3 is 2.25 bits per heavy atom. The van der Waals surface area contributed by atoms with E-state index in [9.17, 15) is 14.7 Å². The van der Waals surface area contributed by atoms with Crippen LogP contribution in [0.4, 0.5) is 4.79 Å². The molecule has 1 aliphatic heterocycles. The minimum absolute atomic E-state index is 0.0311. The Balaban J connectivity index is 1.83. The quantitative estimate of drug-likeness (QED) is 0.639. The fraction of sp³-hybridized carbons (Fsp3) is 0.524. The van der Waals surface area contributed by atoms with Crippen molar-refractivity contribution in [1.82, 2.24) is 9.80 Å². The number of benzene rings is 1. The Morgan fingerprint density at radius 2 is 1.75 bits per heavy atom. The molecule has 1 fully saturated rings. The summed E-state index contributed by atoms with van der Waals surface area (Å²) in [5, 5.41) is 10.5. The van der Waals surface area contributed by atoms with Gasteiger partial charge in [-0.1, -0.05) is 23.2 Å². The Kier molecular flexibility index (Phi) is 7.79. The number of nitrogens with zero attached hydrogens (tertiary/aromatic N) is 2. The molecule has 0 bridgehead atoms. The van der Waals surface area contributed by atoms with Crippen molar-refractivity contribution in [3.05, 3.63) is 39.9 Å². The second-order valence-corrected chi connectivity index (χ2v) is 9.07. The largest absolute Gasteiger partial charge is 0.465 e. The number of hydrogen-bond acceptors (Lipinski definition) is 2. The van der Waals surface area contributed by atoms with Gasteiger partial charge in [0.15, 0.2) is 0 Å². The van der Waals surface area contributed by atoms with Crippen LogP contribution in [-0.2, 0) is 4.79 Å². The summed E-state index contributed by atoms with van der Waals surface area (Å²) in [6.07, 6.45) is 4.99. The minimum atomic E-state index is -0.883. The smallest absolute Gasteiger partial charge is 0.407 e. The summed E-state index contributed by atoms with van der Waals surface area (Å²) in [6.45, 7) is 7.61. The molecule has 1 heterocycles. The average Bonchev–Trinajstić information content (AvgIpc) is 2.58. The van der Waals surface area contributed by atoms with Crippen LogP contribution in [-0.4, -0.2) is 52.1 Å². The van der Waals surface area contributed by atoms with Gasteiger partial charge in [0.05, 0.1) is 0 Å². The highest BCUT2D eigenvalue weighted by Gasteiger charge is 2.28. The first-order valence-electron chi connectivity index (χ1n) is 9.50. The first kappa shape index (κ1) is 22.6. The number of piperidine rings is 1. The van der Waals surface area contributed by atoms with Crippen LogP contribution in [0, 0.1) is 5.92 Å². The molecule has 0 saturated carbocycles. The monoisotopic (exact) mass is 426 g/mol. The second-order valence-electron chi connectivity index (χ2n) is 8.20. The van der Waals surface area contributed by atoms with Gasteiger partial charge in [0.1, 0.15) is 0 Å². The van der Waals surface area contributed by atoms with Crippen LogP contribution in [0.1, 0.15) is 45.6 Å². The number of likely N-dealkylation sites (tertiary alicyclic amines) is 1. The van der Waals surface area contributed by atoms with Gasteiger partial charge in [-0.15, -0.1) is 0 Å². The van der Waals surface area contributed by atoms with E-state index in [1.807, 2.05) is 25.7 Å². The number of hydrogen-bond donors (Lipinski definition) is 1. The summed E-state index contributed by atoms with van der Waals surface area (Å²) in [7, 11) is 0. The predicted octanol–water partition coefficient (Wildman–Crippen LogP) is 5.41. The molecule has 1 aromatic carbocycles. The molecular formula is C21H28Cl2N2O3. The lowest BCUT2D eigenvalue weighted by atomic mass is 9.92. The molecule has 0 aliphatic carbocycles. The third kappa shape index (κ3) is 6.71. The molecule has 1 N–H and O–H groups in total. The van der Waals surface area contributed by atoms with E-state index in [-0.39, 0.29) is 5.91 Å². The van der Waals surface area contributed by atoms with Crippen molar-refractivity contribution in [1.29, 1.82) is 0 Å². The van der Waals surface area contributed by atoms with Crippen LogP contribution in [0.15, 0.2) is 24.3 Å². The summed E-state index contributed by atoms with van der Waals surface area (Å²) in [5.41, 5.74) is 0.382. The van der Waals surface area contributed by atoms with E-state index < -0.39 is 11.6 Å². The van der Waals surface area contributed by atoms with Crippen LogP contribution in [0.25, 0.3) is 6.08 Å². The van der Waals surface area contributed by atoms with E-state index >= 15 is 0 Å². The third-order valence-electron chi connectivity index (χ3n) is 5.03. The topological polar surface area (TPSA) is 60.9 Å². The van der Waals surface area contributed by atoms with Gasteiger partial charge in [0.25, 0.3) is 0 Å². The normalized spacial score (nSPS) is 15.8. The van der Waals surface area contributed by atoms with E-state index in [2.05, 4.69) is 0 Å². The fourth-order valence-electron chi connectivity index (χ4n) is 3.42. The van der Waals surface area contributed by atoms with Crippen molar-refractivity contribution >= 4 is 41.3 Å². The number of carboxylic acid groups (broad SMARTS) is 1. The SMILES string of the molecule is CC(C)(C)N(CCC1CCN(C(=O)C=Cc2cc(Cl)cc(Cl)c2)CC1)C(=O)O. The van der Waals surface area contributed by atoms with Gasteiger partial charge in [0.2, 0.25) is 5.91 Å². The lowest BCUT2D eigenvalue weighted by molar-refractivity contribution is -0.127. The third-order valence-corrected chi connectivity index (χ3v) is 5.47. The second kappa shape index (κ2) is 9.66. The molecule has 0 radical (unpaired) electrons. The number of amides is 2. The van der Waals surface area contributed by atoms with E-state index in [4.69, 9.17) is 23.2 Å². The van der Waals surface area contributed by atoms with E-state index in [0.29, 0.717) is 35.6 Å². The molecule has 7 heteroatoms. The molecule has 0 unspecified atom stereocenters. The van der Waals surface area contributed by atoms with Crippen LogP contribution in [0.2, 0.25) is 10.0 Å². The summed E-state index contributed by atoms with van der Waals surface area (Å²) in [5.74, 6) is 0.403. The van der Waals surface area contributed by atoms with Crippen molar-refractivity contribution < 1.29 is 14.7 Å². The van der Waals surface area contributed by atoms with Gasteiger partial charge < -0.3 is 14.9 Å². The molecular weight excluding hydrogens is 399 g/mol. The van der Waals surface area contributed by atoms with Gasteiger partial charge >= 0.3 is 6.09 Å². The first-order valence-corrected chi connectivity index (χ1v) is 10.3. The minimum Gasteiger partial charge on any atom is -0.465 e. The van der Waals surface area contributed by atoms with Crippen LogP contribution in [0.5, 0.6) is 0 Å². The van der Waals surface area contributed by atoms with Gasteiger partial charge in [-0.25, -0.2) is 4.79 Å². The molecule has 1 saturated heterocycles. The van der Waals surface area contributed by atoms with Gasteiger partial charge in [-0.2, -0.15) is 0 Å². The Hall–Kier alpha value is -1.72. The highest BCUT2D eigenvalue weighted by Crippen LogP contribution is 2.24. The van der Waals surface area contributed by atoms with Gasteiger partial charge in [-0.3, -0.25) is 4.79 Å². The zero-order valence-corrected chi connectivity index (χ0v) is 18.1. The van der Waals surface area contributed by atoms with E-state index in [0.717, 1.165) is 24.8 Å². The first-order chi connectivity index (χ1) is 13.1. The van der Waals surface area contributed by atoms with Crippen molar-refractivity contribution in [2.24, 2.45) is 5.92 Å². The lowest BCUT2D eigenvalue weighted by Crippen LogP contribution is -2.46. The molecule has 2 rings (SSSR count). The van der Waals surface area contributed by atoms with Gasteiger partial charge in [-0.05, 0) is 75.8 Å². The van der Waals surface area contributed by atoms with Crippen LogP contribution in [0.3, 0.4) is 0 Å². The predicted molar refractivity (Wildman–Crippen MR) is 114 cm³/mol. The molecule has 0 aromatic heterocycles. The summed E-state index contributed by atoms with van der Waals surface area (Å²) < 4.78 is 0. The standard InChI is InChI=1S/C21H28Cl2N2O3/c1-21(2,3)25(20(27)28)11-8-15-6-9-24(10-7-15)19(26)5-4-16-12-17(22)14-18(23)13-16/h4-5,12-15H,6-11H2,1-3H3,(H,27,28).